The number of hydrogen-bond acceptors (Lipinski definition) is 4. The molecule has 0 saturated heterocycles. The Labute approximate surface area is 419 Å². The molecule has 346 valence electrons. The molecule has 0 radical (unpaired) electrons. The van der Waals surface area contributed by atoms with Crippen LogP contribution in [0, 0.1) is 0 Å². The van der Waals surface area contributed by atoms with Crippen molar-refractivity contribution in [1.29, 1.82) is 0 Å². The third kappa shape index (κ3) is 7.39. The summed E-state index contributed by atoms with van der Waals surface area (Å²) >= 11 is 0. The number of nitrogens with zero attached hydrogens (tertiary/aromatic N) is 5. The lowest BCUT2D eigenvalue weighted by Crippen LogP contribution is -2.25. The van der Waals surface area contributed by atoms with Gasteiger partial charge in [0.2, 0.25) is 0 Å². The van der Waals surface area contributed by atoms with Crippen LogP contribution in [0.25, 0.3) is 77.7 Å². The van der Waals surface area contributed by atoms with Gasteiger partial charge in [-0.3, -0.25) is 4.57 Å². The van der Waals surface area contributed by atoms with Gasteiger partial charge in [0.25, 0.3) is 0 Å². The quantitative estimate of drug-likeness (QED) is 0.145. The Morgan fingerprint density at radius 1 is 0.417 bits per heavy atom. The Kier molecular flexibility index (Phi) is 10.4. The summed E-state index contributed by atoms with van der Waals surface area (Å²) in [6.45, 7) is 7.36. The van der Waals surface area contributed by atoms with E-state index in [4.69, 9.17) is 9.72 Å². The zero-order chi connectivity index (χ0) is 48.3. The molecule has 0 saturated carbocycles. The Morgan fingerprint density at radius 3 is 1.78 bits per heavy atom. The zero-order valence-electron chi connectivity index (χ0n) is 40.4. The second kappa shape index (κ2) is 17.4. The van der Waals surface area contributed by atoms with Gasteiger partial charge in [-0.25, -0.2) is 4.98 Å². The van der Waals surface area contributed by atoms with E-state index in [-0.39, 0.29) is 5.41 Å². The monoisotopic (exact) mass is 929 g/mol. The summed E-state index contributed by atoms with van der Waals surface area (Å²) in [7, 11) is 0. The molecule has 0 spiro atoms. The standard InChI is InChI=1S/C66H51N5O/c1-66(2,3)49-38-39-67-62(41-49)71-61-43-53(36-37-57(61)64-65(71)56-30-13-14-33-58(56)70(64)50-26-11-6-12-27-50)72-52-29-18-28-51(42-52)68-44-69(60-35-16-15-34-59(60)68)63-54(46-22-9-5-10-23-46)31-19-32-55(63)48-25-17-24-47(40-48)45-20-7-4-8-21-45/h4-43H,44H2,1-3H3. The molecule has 13 rings (SSSR count). The van der Waals surface area contributed by atoms with Gasteiger partial charge in [0.05, 0.1) is 39.1 Å². The van der Waals surface area contributed by atoms with Crippen LogP contribution in [0.1, 0.15) is 26.3 Å². The lowest BCUT2D eigenvalue weighted by Gasteiger charge is -2.27. The highest BCUT2D eigenvalue weighted by Gasteiger charge is 2.32. The largest absolute Gasteiger partial charge is 0.457 e. The maximum Gasteiger partial charge on any atom is 0.137 e. The molecule has 6 heteroatoms. The molecule has 72 heavy (non-hydrogen) atoms. The number of para-hydroxylation sites is 5. The summed E-state index contributed by atoms with van der Waals surface area (Å²) in [6.07, 6.45) is 1.94. The minimum absolute atomic E-state index is 0.0635. The third-order valence-corrected chi connectivity index (χ3v) is 14.2. The van der Waals surface area contributed by atoms with Gasteiger partial charge in [-0.2, -0.15) is 0 Å². The fraction of sp³-hybridized carbons (Fsp3) is 0.0758. The van der Waals surface area contributed by atoms with Gasteiger partial charge in [-0.1, -0.05) is 172 Å². The number of fused-ring (bicyclic) bond motifs is 6. The van der Waals surface area contributed by atoms with Crippen molar-refractivity contribution in [2.75, 3.05) is 16.5 Å². The van der Waals surface area contributed by atoms with E-state index in [0.717, 1.165) is 78.6 Å². The van der Waals surface area contributed by atoms with Crippen molar-refractivity contribution in [1.82, 2.24) is 14.1 Å². The normalized spacial score (nSPS) is 12.5. The van der Waals surface area contributed by atoms with Gasteiger partial charge in [0.15, 0.2) is 0 Å². The van der Waals surface area contributed by atoms with E-state index in [1.54, 1.807) is 0 Å². The SMILES string of the molecule is CC(C)(C)c1ccnc(-n2c3cc(Oc4cccc(N5CN(c6c(-c7ccccc7)cccc6-c6cccc(-c7ccccc7)c6)c6ccccc65)c4)ccc3c3c2c2ccccc2n3-c2ccccc2)c1. The van der Waals surface area contributed by atoms with Crippen LogP contribution in [-0.2, 0) is 5.41 Å². The Hall–Kier alpha value is -9.13. The van der Waals surface area contributed by atoms with Crippen molar-refractivity contribution in [3.05, 3.63) is 248 Å². The molecule has 6 nitrogen and oxygen atoms in total. The Bertz CT molecular complexity index is 3980. The van der Waals surface area contributed by atoms with Gasteiger partial charge >= 0.3 is 0 Å². The summed E-state index contributed by atoms with van der Waals surface area (Å²) in [5.41, 5.74) is 18.2. The molecule has 0 unspecified atom stereocenters. The van der Waals surface area contributed by atoms with Crippen molar-refractivity contribution in [2.45, 2.75) is 26.2 Å². The van der Waals surface area contributed by atoms with Crippen LogP contribution in [0.4, 0.5) is 22.7 Å². The first-order valence-corrected chi connectivity index (χ1v) is 24.7. The van der Waals surface area contributed by atoms with Crippen LogP contribution < -0.4 is 14.5 Å². The Balaban J connectivity index is 0.913. The predicted octanol–water partition coefficient (Wildman–Crippen LogP) is 17.5. The van der Waals surface area contributed by atoms with Crippen LogP contribution in [-0.4, -0.2) is 20.8 Å². The molecular formula is C66H51N5O. The number of ether oxygens (including phenoxy) is 1. The van der Waals surface area contributed by atoms with Crippen LogP contribution in [0.15, 0.2) is 243 Å². The summed E-state index contributed by atoms with van der Waals surface area (Å²) in [5.74, 6) is 2.36. The first-order valence-electron chi connectivity index (χ1n) is 24.7. The van der Waals surface area contributed by atoms with Gasteiger partial charge in [-0.15, -0.1) is 0 Å². The second-order valence-corrected chi connectivity index (χ2v) is 19.7. The highest BCUT2D eigenvalue weighted by molar-refractivity contribution is 6.20. The van der Waals surface area contributed by atoms with Crippen molar-refractivity contribution in [3.63, 3.8) is 0 Å². The number of rotatable bonds is 9. The molecular weight excluding hydrogens is 879 g/mol. The third-order valence-electron chi connectivity index (χ3n) is 14.2. The van der Waals surface area contributed by atoms with Crippen LogP contribution >= 0.6 is 0 Å². The van der Waals surface area contributed by atoms with Crippen molar-refractivity contribution < 1.29 is 4.74 Å². The molecule has 0 N–H and O–H groups in total. The molecule has 3 aromatic heterocycles. The van der Waals surface area contributed by atoms with Gasteiger partial charge in [0.1, 0.15) is 24.0 Å². The van der Waals surface area contributed by atoms with Crippen molar-refractivity contribution in [2.24, 2.45) is 0 Å². The molecule has 0 aliphatic carbocycles. The number of hydrogen-bond donors (Lipinski definition) is 0. The zero-order valence-corrected chi connectivity index (χ0v) is 40.4. The second-order valence-electron chi connectivity index (χ2n) is 19.7. The van der Waals surface area contributed by atoms with Crippen LogP contribution in [0.3, 0.4) is 0 Å². The maximum absolute atomic E-state index is 6.95. The molecule has 12 aromatic rings. The Morgan fingerprint density at radius 2 is 1.00 bits per heavy atom. The molecule has 4 heterocycles. The molecule has 0 atom stereocenters. The molecule has 0 amide bonds. The lowest BCUT2D eigenvalue weighted by atomic mass is 9.88. The van der Waals surface area contributed by atoms with Gasteiger partial charge in [-0.05, 0) is 106 Å². The number of anilines is 4. The van der Waals surface area contributed by atoms with E-state index in [0.29, 0.717) is 6.67 Å². The van der Waals surface area contributed by atoms with E-state index in [1.807, 2.05) is 6.20 Å². The van der Waals surface area contributed by atoms with Gasteiger partial charge < -0.3 is 19.1 Å². The number of aromatic nitrogens is 3. The van der Waals surface area contributed by atoms with Crippen molar-refractivity contribution in [3.8, 4) is 56.4 Å². The van der Waals surface area contributed by atoms with E-state index in [2.05, 4.69) is 276 Å². The van der Waals surface area contributed by atoms with Crippen LogP contribution in [0.2, 0.25) is 0 Å². The molecule has 0 bridgehead atoms. The topological polar surface area (TPSA) is 38.5 Å². The lowest BCUT2D eigenvalue weighted by molar-refractivity contribution is 0.483. The van der Waals surface area contributed by atoms with E-state index in [9.17, 15) is 0 Å². The number of pyridine rings is 1. The number of benzene rings is 9. The highest BCUT2D eigenvalue weighted by Crippen LogP contribution is 2.51. The highest BCUT2D eigenvalue weighted by atomic mass is 16.5. The van der Waals surface area contributed by atoms with Crippen molar-refractivity contribution >= 4 is 55.6 Å². The molecule has 1 aliphatic heterocycles. The van der Waals surface area contributed by atoms with Gasteiger partial charge in [0, 0.05) is 51.6 Å². The average molecular weight is 930 g/mol. The molecule has 9 aromatic carbocycles. The summed E-state index contributed by atoms with van der Waals surface area (Å²) in [6, 6.07) is 84.5. The molecule has 0 fully saturated rings. The summed E-state index contributed by atoms with van der Waals surface area (Å²) < 4.78 is 11.7. The van der Waals surface area contributed by atoms with E-state index >= 15 is 0 Å². The maximum atomic E-state index is 6.95. The molecule has 1 aliphatic rings. The summed E-state index contributed by atoms with van der Waals surface area (Å²) in [5, 5.41) is 2.27. The smallest absolute Gasteiger partial charge is 0.137 e. The van der Waals surface area contributed by atoms with Crippen LogP contribution in [0.5, 0.6) is 11.5 Å². The average Bonchev–Trinajstić information content (AvgIpc) is 4.09. The predicted molar refractivity (Wildman–Crippen MR) is 299 cm³/mol. The summed E-state index contributed by atoms with van der Waals surface area (Å²) in [4.78, 5) is 9.95. The first kappa shape index (κ1) is 42.9. The fourth-order valence-electron chi connectivity index (χ4n) is 10.8. The van der Waals surface area contributed by atoms with E-state index < -0.39 is 0 Å². The van der Waals surface area contributed by atoms with E-state index in [1.165, 1.54) is 38.9 Å². The minimum atomic E-state index is -0.0635. The fourth-order valence-corrected chi connectivity index (χ4v) is 10.8. The first-order chi connectivity index (χ1) is 35.4. The minimum Gasteiger partial charge on any atom is -0.457 e.